The fourth-order valence-electron chi connectivity index (χ4n) is 0.953. The summed E-state index contributed by atoms with van der Waals surface area (Å²) in [6, 6.07) is 3.91. The van der Waals surface area contributed by atoms with Crippen LogP contribution in [-0.2, 0) is 10.0 Å². The Morgan fingerprint density at radius 2 is 2.00 bits per heavy atom. The van der Waals surface area contributed by atoms with Crippen LogP contribution < -0.4 is 5.14 Å². The van der Waals surface area contributed by atoms with Gasteiger partial charge in [-0.3, -0.25) is 0 Å². The molecule has 0 heterocycles. The summed E-state index contributed by atoms with van der Waals surface area (Å²) >= 11 is 0. The molecule has 0 saturated carbocycles. The molecule has 0 unspecified atom stereocenters. The lowest BCUT2D eigenvalue weighted by atomic mass is 10.2. The van der Waals surface area contributed by atoms with Crippen LogP contribution in [-0.4, -0.2) is 13.5 Å². The first-order valence-corrected chi connectivity index (χ1v) is 4.78. The van der Waals surface area contributed by atoms with Crippen LogP contribution in [0.3, 0.4) is 0 Å². The van der Waals surface area contributed by atoms with Gasteiger partial charge in [-0.15, -0.1) is 0 Å². The molecule has 0 fully saturated rings. The lowest BCUT2D eigenvalue weighted by molar-refractivity contribution is 0.474. The minimum atomic E-state index is -3.66. The SMILES string of the molecule is Cc1cc(O)ccc1S(N)(=O)=O. The van der Waals surface area contributed by atoms with Gasteiger partial charge in [-0.05, 0) is 30.7 Å². The van der Waals surface area contributed by atoms with Gasteiger partial charge in [0.2, 0.25) is 10.0 Å². The van der Waals surface area contributed by atoms with Crippen LogP contribution in [0.4, 0.5) is 0 Å². The van der Waals surface area contributed by atoms with Crippen LogP contribution in [0.15, 0.2) is 23.1 Å². The normalized spacial score (nSPS) is 11.5. The topological polar surface area (TPSA) is 80.4 Å². The fraction of sp³-hybridized carbons (Fsp3) is 0.143. The van der Waals surface area contributed by atoms with Gasteiger partial charge < -0.3 is 5.11 Å². The maximum absolute atomic E-state index is 10.9. The predicted octanol–water partition coefficient (Wildman–Crippen LogP) is 0.348. The van der Waals surface area contributed by atoms with Gasteiger partial charge in [-0.2, -0.15) is 0 Å². The Morgan fingerprint density at radius 3 is 2.42 bits per heavy atom. The molecule has 0 bridgehead atoms. The van der Waals surface area contributed by atoms with E-state index in [0.717, 1.165) is 0 Å². The molecule has 1 aromatic rings. The van der Waals surface area contributed by atoms with Gasteiger partial charge >= 0.3 is 0 Å². The van der Waals surface area contributed by atoms with Crippen LogP contribution >= 0.6 is 0 Å². The van der Waals surface area contributed by atoms with Crippen molar-refractivity contribution in [3.63, 3.8) is 0 Å². The lowest BCUT2D eigenvalue weighted by Gasteiger charge is -2.02. The van der Waals surface area contributed by atoms with E-state index >= 15 is 0 Å². The van der Waals surface area contributed by atoms with E-state index in [-0.39, 0.29) is 10.6 Å². The molecule has 0 saturated heterocycles. The van der Waals surface area contributed by atoms with Crippen LogP contribution in [0.5, 0.6) is 5.75 Å². The molecule has 1 aromatic carbocycles. The van der Waals surface area contributed by atoms with Crippen molar-refractivity contribution in [1.29, 1.82) is 0 Å². The van der Waals surface area contributed by atoms with Crippen LogP contribution in [0.1, 0.15) is 5.56 Å². The lowest BCUT2D eigenvalue weighted by Crippen LogP contribution is -2.13. The van der Waals surface area contributed by atoms with Gasteiger partial charge in [0.1, 0.15) is 5.75 Å². The van der Waals surface area contributed by atoms with E-state index in [4.69, 9.17) is 10.2 Å². The quantitative estimate of drug-likeness (QED) is 0.665. The number of hydrogen-bond donors (Lipinski definition) is 2. The van der Waals surface area contributed by atoms with Crippen molar-refractivity contribution < 1.29 is 13.5 Å². The van der Waals surface area contributed by atoms with E-state index in [2.05, 4.69) is 0 Å². The predicted molar refractivity (Wildman–Crippen MR) is 44.2 cm³/mol. The third-order valence-electron chi connectivity index (χ3n) is 1.47. The Balaban J connectivity index is 3.39. The molecule has 12 heavy (non-hydrogen) atoms. The van der Waals surface area contributed by atoms with Gasteiger partial charge in [-0.1, -0.05) is 0 Å². The molecule has 0 amide bonds. The molecule has 3 N–H and O–H groups in total. The highest BCUT2D eigenvalue weighted by atomic mass is 32.2. The van der Waals surface area contributed by atoms with E-state index in [1.165, 1.54) is 18.2 Å². The van der Waals surface area contributed by atoms with Gasteiger partial charge in [0.15, 0.2) is 0 Å². The van der Waals surface area contributed by atoms with Gasteiger partial charge in [0, 0.05) is 0 Å². The molecule has 0 aliphatic rings. The van der Waals surface area contributed by atoms with Crippen molar-refractivity contribution in [1.82, 2.24) is 0 Å². The van der Waals surface area contributed by atoms with Crippen LogP contribution in [0.25, 0.3) is 0 Å². The molecule has 5 heteroatoms. The molecular formula is C7H9NO3S. The number of aromatic hydroxyl groups is 1. The zero-order valence-corrected chi connectivity index (χ0v) is 7.30. The number of sulfonamides is 1. The maximum atomic E-state index is 10.9. The molecular weight excluding hydrogens is 178 g/mol. The highest BCUT2D eigenvalue weighted by Crippen LogP contribution is 2.18. The second-order valence-corrected chi connectivity index (χ2v) is 4.02. The van der Waals surface area contributed by atoms with Crippen LogP contribution in [0, 0.1) is 6.92 Å². The number of benzene rings is 1. The number of hydrogen-bond acceptors (Lipinski definition) is 3. The van der Waals surface area contributed by atoms with Crippen LogP contribution in [0.2, 0.25) is 0 Å². The molecule has 0 aliphatic heterocycles. The average molecular weight is 187 g/mol. The Hall–Kier alpha value is -1.07. The summed E-state index contributed by atoms with van der Waals surface area (Å²) in [4.78, 5) is 0.0419. The summed E-state index contributed by atoms with van der Waals surface area (Å²) in [6.45, 7) is 1.57. The summed E-state index contributed by atoms with van der Waals surface area (Å²) < 4.78 is 21.7. The molecule has 0 aliphatic carbocycles. The van der Waals surface area contributed by atoms with E-state index in [1.807, 2.05) is 0 Å². The second kappa shape index (κ2) is 2.76. The highest BCUT2D eigenvalue weighted by molar-refractivity contribution is 7.89. The zero-order chi connectivity index (χ0) is 9.35. The molecule has 0 aromatic heterocycles. The Bertz CT molecular complexity index is 397. The van der Waals surface area contributed by atoms with Crippen molar-refractivity contribution >= 4 is 10.0 Å². The summed E-state index contributed by atoms with van der Waals surface area (Å²) in [5.74, 6) is 0.0277. The third kappa shape index (κ3) is 1.75. The summed E-state index contributed by atoms with van der Waals surface area (Å²) in [7, 11) is -3.66. The number of aryl methyl sites for hydroxylation is 1. The first-order valence-electron chi connectivity index (χ1n) is 3.23. The molecule has 0 spiro atoms. The van der Waals surface area contributed by atoms with E-state index in [9.17, 15) is 8.42 Å². The van der Waals surface area contributed by atoms with Crippen molar-refractivity contribution in [3.8, 4) is 5.75 Å². The van der Waals surface area contributed by atoms with E-state index in [1.54, 1.807) is 6.92 Å². The zero-order valence-electron chi connectivity index (χ0n) is 6.48. The number of phenolic OH excluding ortho intramolecular Hbond substituents is 1. The highest BCUT2D eigenvalue weighted by Gasteiger charge is 2.10. The number of primary sulfonamides is 1. The van der Waals surface area contributed by atoms with Gasteiger partial charge in [0.25, 0.3) is 0 Å². The molecule has 0 atom stereocenters. The number of phenols is 1. The van der Waals surface area contributed by atoms with E-state index in [0.29, 0.717) is 5.56 Å². The molecule has 66 valence electrons. The van der Waals surface area contributed by atoms with Gasteiger partial charge in [-0.25, -0.2) is 13.6 Å². The van der Waals surface area contributed by atoms with Crippen molar-refractivity contribution in [2.45, 2.75) is 11.8 Å². The summed E-state index contributed by atoms with van der Waals surface area (Å²) in [5.41, 5.74) is 0.442. The van der Waals surface area contributed by atoms with Crippen molar-refractivity contribution in [3.05, 3.63) is 23.8 Å². The average Bonchev–Trinajstić information content (AvgIpc) is 1.83. The van der Waals surface area contributed by atoms with Crippen molar-refractivity contribution in [2.75, 3.05) is 0 Å². The Labute approximate surface area is 70.7 Å². The maximum Gasteiger partial charge on any atom is 0.238 e. The van der Waals surface area contributed by atoms with Crippen molar-refractivity contribution in [2.24, 2.45) is 5.14 Å². The van der Waals surface area contributed by atoms with Gasteiger partial charge in [0.05, 0.1) is 4.90 Å². The molecule has 1 rings (SSSR count). The number of rotatable bonds is 1. The fourth-order valence-corrected chi connectivity index (χ4v) is 1.72. The number of nitrogens with two attached hydrogens (primary N) is 1. The Kier molecular flexibility index (Phi) is 2.08. The minimum Gasteiger partial charge on any atom is -0.508 e. The monoisotopic (exact) mass is 187 g/mol. The molecule has 0 radical (unpaired) electrons. The molecule has 4 nitrogen and oxygen atoms in total. The smallest absolute Gasteiger partial charge is 0.238 e. The minimum absolute atomic E-state index is 0.0277. The standard InChI is InChI=1S/C7H9NO3S/c1-5-4-6(9)2-3-7(5)12(8,10)11/h2-4,9H,1H3,(H2,8,10,11). The second-order valence-electron chi connectivity index (χ2n) is 2.49. The first kappa shape index (κ1) is 9.02. The van der Waals surface area contributed by atoms with E-state index < -0.39 is 10.0 Å². The largest absolute Gasteiger partial charge is 0.508 e. The summed E-state index contributed by atoms with van der Waals surface area (Å²) in [5, 5.41) is 13.9. The Morgan fingerprint density at radius 1 is 1.42 bits per heavy atom. The summed E-state index contributed by atoms with van der Waals surface area (Å²) in [6.07, 6.45) is 0. The third-order valence-corrected chi connectivity index (χ3v) is 2.54. The first-order chi connectivity index (χ1) is 5.41.